The van der Waals surface area contributed by atoms with Crippen molar-refractivity contribution in [3.05, 3.63) is 44.9 Å². The Morgan fingerprint density at radius 2 is 1.96 bits per heavy atom. The van der Waals surface area contributed by atoms with Gasteiger partial charge in [-0.05, 0) is 31.9 Å². The zero-order valence-corrected chi connectivity index (χ0v) is 15.4. The predicted octanol–water partition coefficient (Wildman–Crippen LogP) is 3.38. The maximum atomic E-state index is 12.5. The van der Waals surface area contributed by atoms with Crippen molar-refractivity contribution in [1.82, 2.24) is 25.1 Å². The lowest BCUT2D eigenvalue weighted by atomic mass is 9.97. The number of piperidine rings is 1. The molecule has 0 spiro atoms. The van der Waals surface area contributed by atoms with Crippen LogP contribution in [0.4, 0.5) is 0 Å². The Kier molecular flexibility index (Phi) is 4.54. The van der Waals surface area contributed by atoms with Crippen LogP contribution < -0.4 is 0 Å². The number of pyridine rings is 1. The summed E-state index contributed by atoms with van der Waals surface area (Å²) >= 11 is 3.06. The van der Waals surface area contributed by atoms with Crippen molar-refractivity contribution >= 4 is 28.6 Å². The smallest absolute Gasteiger partial charge is 0.284 e. The number of hydrogen-bond acceptors (Lipinski definition) is 7. The van der Waals surface area contributed by atoms with E-state index < -0.39 is 0 Å². The first kappa shape index (κ1) is 16.3. The van der Waals surface area contributed by atoms with Crippen LogP contribution >= 0.6 is 22.7 Å². The van der Waals surface area contributed by atoms with Crippen molar-refractivity contribution in [3.63, 3.8) is 0 Å². The number of thiazole rings is 1. The molecule has 1 fully saturated rings. The fourth-order valence-electron chi connectivity index (χ4n) is 2.98. The lowest BCUT2D eigenvalue weighted by Crippen LogP contribution is -2.37. The number of aryl methyl sites for hydroxylation is 1. The van der Waals surface area contributed by atoms with Gasteiger partial charge in [0, 0.05) is 42.3 Å². The highest BCUT2D eigenvalue weighted by Gasteiger charge is 2.27. The summed E-state index contributed by atoms with van der Waals surface area (Å²) in [6, 6.07) is 3.95. The lowest BCUT2D eigenvalue weighted by Gasteiger charge is -2.30. The molecule has 1 amide bonds. The van der Waals surface area contributed by atoms with Gasteiger partial charge in [-0.25, -0.2) is 4.98 Å². The second-order valence-electron chi connectivity index (χ2n) is 6.00. The maximum Gasteiger partial charge on any atom is 0.284 e. The molecule has 0 aromatic carbocycles. The van der Waals surface area contributed by atoms with E-state index in [0.717, 1.165) is 47.2 Å². The zero-order chi connectivity index (χ0) is 17.2. The maximum absolute atomic E-state index is 12.5. The minimum atomic E-state index is 0.000614. The summed E-state index contributed by atoms with van der Waals surface area (Å²) in [5, 5.41) is 12.5. The number of carbonyl (C=O) groups is 1. The fourth-order valence-corrected chi connectivity index (χ4v) is 4.64. The molecule has 4 heterocycles. The molecular weight excluding hydrogens is 354 g/mol. The molecule has 25 heavy (non-hydrogen) atoms. The molecule has 3 aromatic rings. The molecule has 0 N–H and O–H groups in total. The number of aromatic nitrogens is 4. The van der Waals surface area contributed by atoms with E-state index in [2.05, 4.69) is 20.6 Å². The Balaban J connectivity index is 1.41. The molecular formula is C17H17N5OS2. The van der Waals surface area contributed by atoms with Gasteiger partial charge in [-0.1, -0.05) is 11.3 Å². The summed E-state index contributed by atoms with van der Waals surface area (Å²) in [7, 11) is 0. The second kappa shape index (κ2) is 6.97. The molecule has 6 nitrogen and oxygen atoms in total. The lowest BCUT2D eigenvalue weighted by molar-refractivity contribution is 0.0711. The Labute approximate surface area is 153 Å². The highest BCUT2D eigenvalue weighted by atomic mass is 32.1. The first-order chi connectivity index (χ1) is 12.2. The average molecular weight is 371 g/mol. The Morgan fingerprint density at radius 3 is 2.64 bits per heavy atom. The van der Waals surface area contributed by atoms with Gasteiger partial charge < -0.3 is 4.90 Å². The van der Waals surface area contributed by atoms with Crippen LogP contribution in [-0.4, -0.2) is 44.1 Å². The van der Waals surface area contributed by atoms with Crippen LogP contribution in [0.25, 0.3) is 11.3 Å². The number of likely N-dealkylation sites (tertiary alicyclic amines) is 1. The topological polar surface area (TPSA) is 71.9 Å². The molecule has 1 saturated heterocycles. The van der Waals surface area contributed by atoms with E-state index >= 15 is 0 Å². The van der Waals surface area contributed by atoms with Crippen LogP contribution in [0.15, 0.2) is 29.9 Å². The standard InChI is InChI=1S/C17H17N5OS2/c1-11-20-21-16(25-11)17(23)22-8-4-13(5-9-22)15-19-14(10-24-15)12-2-6-18-7-3-12/h2-3,6-7,10,13H,4-5,8-9H2,1H3. The molecule has 0 bridgehead atoms. The molecule has 4 rings (SSSR count). The van der Waals surface area contributed by atoms with Gasteiger partial charge in [-0.3, -0.25) is 9.78 Å². The van der Waals surface area contributed by atoms with Crippen molar-refractivity contribution in [2.24, 2.45) is 0 Å². The zero-order valence-electron chi connectivity index (χ0n) is 13.8. The van der Waals surface area contributed by atoms with Gasteiger partial charge in [-0.2, -0.15) is 0 Å². The molecule has 0 aliphatic carbocycles. The summed E-state index contributed by atoms with van der Waals surface area (Å²) in [5.74, 6) is 0.418. The fraction of sp³-hybridized carbons (Fsp3) is 0.353. The molecule has 0 atom stereocenters. The van der Waals surface area contributed by atoms with Gasteiger partial charge in [0.2, 0.25) is 5.01 Å². The first-order valence-corrected chi connectivity index (χ1v) is 9.85. The normalized spacial score (nSPS) is 15.5. The number of nitrogens with zero attached hydrogens (tertiary/aromatic N) is 5. The predicted molar refractivity (Wildman–Crippen MR) is 97.9 cm³/mol. The number of rotatable bonds is 3. The van der Waals surface area contributed by atoms with E-state index in [0.29, 0.717) is 10.9 Å². The van der Waals surface area contributed by atoms with Crippen LogP contribution in [0, 0.1) is 6.92 Å². The third kappa shape index (κ3) is 3.45. The third-order valence-corrected chi connectivity index (χ3v) is 6.17. The highest BCUT2D eigenvalue weighted by molar-refractivity contribution is 7.13. The number of carbonyl (C=O) groups excluding carboxylic acids is 1. The van der Waals surface area contributed by atoms with Gasteiger partial charge in [0.15, 0.2) is 0 Å². The number of hydrogen-bond donors (Lipinski definition) is 0. The Hall–Kier alpha value is -2.19. The van der Waals surface area contributed by atoms with Gasteiger partial charge in [0.25, 0.3) is 5.91 Å². The summed E-state index contributed by atoms with van der Waals surface area (Å²) in [5.41, 5.74) is 2.10. The van der Waals surface area contributed by atoms with Gasteiger partial charge >= 0.3 is 0 Å². The van der Waals surface area contributed by atoms with E-state index in [4.69, 9.17) is 4.98 Å². The summed E-state index contributed by atoms with van der Waals surface area (Å²) < 4.78 is 0. The first-order valence-electron chi connectivity index (χ1n) is 8.16. The summed E-state index contributed by atoms with van der Waals surface area (Å²) in [6.45, 7) is 3.35. The van der Waals surface area contributed by atoms with E-state index in [9.17, 15) is 4.79 Å². The van der Waals surface area contributed by atoms with Gasteiger partial charge in [-0.15, -0.1) is 21.5 Å². The monoisotopic (exact) mass is 371 g/mol. The van der Waals surface area contributed by atoms with E-state index in [-0.39, 0.29) is 5.91 Å². The van der Waals surface area contributed by atoms with Crippen molar-refractivity contribution in [2.45, 2.75) is 25.7 Å². The van der Waals surface area contributed by atoms with Crippen molar-refractivity contribution in [1.29, 1.82) is 0 Å². The van der Waals surface area contributed by atoms with E-state index in [1.165, 1.54) is 11.3 Å². The van der Waals surface area contributed by atoms with Crippen molar-refractivity contribution < 1.29 is 4.79 Å². The summed E-state index contributed by atoms with van der Waals surface area (Å²) in [4.78, 5) is 23.2. The Morgan fingerprint density at radius 1 is 1.20 bits per heavy atom. The minimum absolute atomic E-state index is 0.000614. The Bertz CT molecular complexity index is 868. The van der Waals surface area contributed by atoms with Crippen LogP contribution in [0.1, 0.15) is 38.6 Å². The van der Waals surface area contributed by atoms with Crippen LogP contribution in [0.2, 0.25) is 0 Å². The molecule has 0 radical (unpaired) electrons. The largest absolute Gasteiger partial charge is 0.336 e. The molecule has 1 aliphatic heterocycles. The van der Waals surface area contributed by atoms with Gasteiger partial charge in [0.05, 0.1) is 10.7 Å². The van der Waals surface area contributed by atoms with Crippen molar-refractivity contribution in [3.8, 4) is 11.3 Å². The minimum Gasteiger partial charge on any atom is -0.336 e. The second-order valence-corrected chi connectivity index (χ2v) is 8.07. The SMILES string of the molecule is Cc1nnc(C(=O)N2CCC(c3nc(-c4ccncc4)cs3)CC2)s1. The average Bonchev–Trinajstić information content (AvgIpc) is 3.31. The number of amides is 1. The quantitative estimate of drug-likeness (QED) is 0.706. The van der Waals surface area contributed by atoms with Crippen LogP contribution in [0.3, 0.4) is 0 Å². The molecule has 3 aromatic heterocycles. The van der Waals surface area contributed by atoms with Gasteiger partial charge in [0.1, 0.15) is 5.01 Å². The molecule has 128 valence electrons. The molecule has 8 heteroatoms. The summed E-state index contributed by atoms with van der Waals surface area (Å²) in [6.07, 6.45) is 5.45. The highest BCUT2D eigenvalue weighted by Crippen LogP contribution is 2.33. The molecule has 0 saturated carbocycles. The third-order valence-electron chi connectivity index (χ3n) is 4.34. The van der Waals surface area contributed by atoms with E-state index in [1.807, 2.05) is 24.0 Å². The van der Waals surface area contributed by atoms with Crippen molar-refractivity contribution in [2.75, 3.05) is 13.1 Å². The van der Waals surface area contributed by atoms with Crippen LogP contribution in [-0.2, 0) is 0 Å². The molecule has 1 aliphatic rings. The molecule has 0 unspecified atom stereocenters. The van der Waals surface area contributed by atoms with E-state index in [1.54, 1.807) is 23.7 Å². The van der Waals surface area contributed by atoms with Crippen LogP contribution in [0.5, 0.6) is 0 Å².